The number of aromatic nitrogens is 2. The second-order valence-corrected chi connectivity index (χ2v) is 12.4. The van der Waals surface area contributed by atoms with E-state index in [0.29, 0.717) is 11.1 Å². The Balaban J connectivity index is 1.09. The molecule has 220 valence electrons. The summed E-state index contributed by atoms with van der Waals surface area (Å²) in [5.41, 5.74) is 5.49. The zero-order valence-corrected chi connectivity index (χ0v) is 25.4. The van der Waals surface area contributed by atoms with Crippen LogP contribution in [0.1, 0.15) is 42.4 Å². The van der Waals surface area contributed by atoms with Crippen molar-refractivity contribution in [3.8, 4) is 0 Å². The van der Waals surface area contributed by atoms with Crippen molar-refractivity contribution in [3.05, 3.63) is 108 Å². The van der Waals surface area contributed by atoms with Crippen LogP contribution in [0.5, 0.6) is 0 Å². The van der Waals surface area contributed by atoms with Gasteiger partial charge in [-0.05, 0) is 53.9 Å². The first-order chi connectivity index (χ1) is 21.1. The van der Waals surface area contributed by atoms with Crippen LogP contribution in [0.3, 0.4) is 0 Å². The number of rotatable bonds is 7. The predicted molar refractivity (Wildman–Crippen MR) is 180 cm³/mol. The van der Waals surface area contributed by atoms with Crippen LogP contribution < -0.4 is 25.3 Å². The van der Waals surface area contributed by atoms with Gasteiger partial charge in [-0.25, -0.2) is 0 Å². The molecule has 7 nitrogen and oxygen atoms in total. The van der Waals surface area contributed by atoms with Gasteiger partial charge in [-0.1, -0.05) is 85.6 Å². The summed E-state index contributed by atoms with van der Waals surface area (Å²) in [5.74, 6) is 2.41. The zero-order valence-electron chi connectivity index (χ0n) is 24.6. The van der Waals surface area contributed by atoms with Crippen molar-refractivity contribution in [3.63, 3.8) is 0 Å². The number of thiocarbonyl (C=S) groups is 1. The SMILES string of the molecule is S=C(NCC1(c2ccccc2)CCCC1)Nc1nc(N2CCN(c3ccccc3)CC2)cc(N2Cc3ccccc3C2)n1. The summed E-state index contributed by atoms with van der Waals surface area (Å²) in [6.45, 7) is 6.18. The fourth-order valence-electron chi connectivity index (χ4n) is 6.94. The normalized spacial score (nSPS) is 17.5. The molecular formula is C35H39N7S. The highest BCUT2D eigenvalue weighted by molar-refractivity contribution is 7.80. The van der Waals surface area contributed by atoms with E-state index >= 15 is 0 Å². The monoisotopic (exact) mass is 589 g/mol. The number of piperazine rings is 1. The summed E-state index contributed by atoms with van der Waals surface area (Å²) < 4.78 is 0. The zero-order chi connectivity index (χ0) is 29.1. The van der Waals surface area contributed by atoms with Crippen molar-refractivity contribution >= 4 is 40.6 Å². The van der Waals surface area contributed by atoms with Crippen LogP contribution in [0, 0.1) is 0 Å². The first kappa shape index (κ1) is 27.7. The van der Waals surface area contributed by atoms with Gasteiger partial charge >= 0.3 is 0 Å². The van der Waals surface area contributed by atoms with E-state index in [9.17, 15) is 0 Å². The van der Waals surface area contributed by atoms with Crippen LogP contribution >= 0.6 is 12.2 Å². The smallest absolute Gasteiger partial charge is 0.232 e. The van der Waals surface area contributed by atoms with Crippen LogP contribution in [0.4, 0.5) is 23.3 Å². The van der Waals surface area contributed by atoms with Crippen molar-refractivity contribution < 1.29 is 0 Å². The lowest BCUT2D eigenvalue weighted by Crippen LogP contribution is -2.47. The van der Waals surface area contributed by atoms with Crippen LogP contribution in [-0.2, 0) is 18.5 Å². The summed E-state index contributed by atoms with van der Waals surface area (Å²) >= 11 is 5.84. The largest absolute Gasteiger partial charge is 0.368 e. The van der Waals surface area contributed by atoms with Crippen molar-refractivity contribution in [1.29, 1.82) is 0 Å². The third-order valence-corrected chi connectivity index (χ3v) is 9.59. The molecule has 3 aliphatic rings. The molecule has 2 aliphatic heterocycles. The lowest BCUT2D eigenvalue weighted by atomic mass is 9.79. The molecule has 43 heavy (non-hydrogen) atoms. The van der Waals surface area contributed by atoms with E-state index in [4.69, 9.17) is 22.2 Å². The minimum Gasteiger partial charge on any atom is -0.368 e. The topological polar surface area (TPSA) is 59.6 Å². The third kappa shape index (κ3) is 6.02. The number of para-hydroxylation sites is 1. The van der Waals surface area contributed by atoms with Gasteiger partial charge in [-0.3, -0.25) is 0 Å². The van der Waals surface area contributed by atoms with Gasteiger partial charge in [0.05, 0.1) is 0 Å². The van der Waals surface area contributed by atoms with E-state index in [1.807, 2.05) is 0 Å². The number of nitrogens with zero attached hydrogens (tertiary/aromatic N) is 5. The van der Waals surface area contributed by atoms with Crippen LogP contribution in [-0.4, -0.2) is 47.8 Å². The number of fused-ring (bicyclic) bond motifs is 1. The van der Waals surface area contributed by atoms with Gasteiger partial charge in [0.2, 0.25) is 5.95 Å². The first-order valence-corrected chi connectivity index (χ1v) is 15.9. The summed E-state index contributed by atoms with van der Waals surface area (Å²) in [4.78, 5) is 17.1. The molecule has 7 rings (SSSR count). The molecule has 2 fully saturated rings. The van der Waals surface area contributed by atoms with Crippen LogP contribution in [0.2, 0.25) is 0 Å². The van der Waals surface area contributed by atoms with Gasteiger partial charge in [0, 0.05) is 63.0 Å². The molecule has 0 atom stereocenters. The van der Waals surface area contributed by atoms with Gasteiger partial charge in [-0.15, -0.1) is 0 Å². The van der Waals surface area contributed by atoms with Gasteiger partial charge in [0.25, 0.3) is 0 Å². The number of benzene rings is 3. The highest BCUT2D eigenvalue weighted by Crippen LogP contribution is 2.40. The lowest BCUT2D eigenvalue weighted by molar-refractivity contribution is 0.435. The molecule has 4 aromatic rings. The van der Waals surface area contributed by atoms with E-state index in [1.165, 1.54) is 48.1 Å². The highest BCUT2D eigenvalue weighted by Gasteiger charge is 2.35. The summed E-state index contributed by atoms with van der Waals surface area (Å²) in [6, 6.07) is 32.4. The quantitative estimate of drug-likeness (QED) is 0.250. The Hall–Kier alpha value is -4.17. The predicted octanol–water partition coefficient (Wildman–Crippen LogP) is 6.12. The Morgan fingerprint density at radius 3 is 1.91 bits per heavy atom. The molecular weight excluding hydrogens is 551 g/mol. The maximum Gasteiger partial charge on any atom is 0.232 e. The van der Waals surface area contributed by atoms with Crippen LogP contribution in [0.25, 0.3) is 0 Å². The first-order valence-electron chi connectivity index (χ1n) is 15.5. The average molecular weight is 590 g/mol. The van der Waals surface area contributed by atoms with E-state index in [1.54, 1.807) is 0 Å². The van der Waals surface area contributed by atoms with E-state index < -0.39 is 0 Å². The van der Waals surface area contributed by atoms with Crippen molar-refractivity contribution in [2.75, 3.05) is 52.7 Å². The van der Waals surface area contributed by atoms with Gasteiger partial charge in [-0.2, -0.15) is 9.97 Å². The maximum absolute atomic E-state index is 5.84. The molecule has 2 N–H and O–H groups in total. The summed E-state index contributed by atoms with van der Waals surface area (Å²) in [7, 11) is 0. The number of hydrogen-bond donors (Lipinski definition) is 2. The standard InChI is InChI=1S/C35H39N7S/c43-34(36-26-35(17-9-10-18-35)29-13-3-1-4-14-29)39-33-37-31(41-21-19-40(20-22-41)30-15-5-2-6-16-30)23-32(38-33)42-24-27-11-7-8-12-28(27)25-42/h1-8,11-16,23H,9-10,17-22,24-26H2,(H2,36,37,38,39,43). The molecule has 1 aliphatic carbocycles. The summed E-state index contributed by atoms with van der Waals surface area (Å²) in [6.07, 6.45) is 4.85. The van der Waals surface area contributed by atoms with Crippen LogP contribution in [0.15, 0.2) is 91.0 Å². The molecule has 1 saturated carbocycles. The third-order valence-electron chi connectivity index (χ3n) is 9.35. The minimum absolute atomic E-state index is 0.112. The van der Waals surface area contributed by atoms with Gasteiger partial charge < -0.3 is 25.3 Å². The van der Waals surface area contributed by atoms with Crippen molar-refractivity contribution in [2.45, 2.75) is 44.2 Å². The Labute approximate surface area is 260 Å². The fraction of sp³-hybridized carbons (Fsp3) is 0.343. The fourth-order valence-corrected chi connectivity index (χ4v) is 7.10. The molecule has 1 aromatic heterocycles. The van der Waals surface area contributed by atoms with E-state index in [-0.39, 0.29) is 5.41 Å². The molecule has 0 unspecified atom stereocenters. The molecule has 0 amide bonds. The molecule has 3 heterocycles. The van der Waals surface area contributed by atoms with Gasteiger partial charge in [0.15, 0.2) is 5.11 Å². The number of anilines is 4. The Kier molecular flexibility index (Phi) is 7.85. The minimum atomic E-state index is 0.112. The van der Waals surface area contributed by atoms with E-state index in [2.05, 4.69) is 116 Å². The maximum atomic E-state index is 5.84. The Bertz CT molecular complexity index is 1520. The Morgan fingerprint density at radius 2 is 1.26 bits per heavy atom. The van der Waals surface area contributed by atoms with Crippen molar-refractivity contribution in [2.24, 2.45) is 0 Å². The lowest BCUT2D eigenvalue weighted by Gasteiger charge is -2.37. The second kappa shape index (κ2) is 12.2. The number of hydrogen-bond acceptors (Lipinski definition) is 6. The van der Waals surface area contributed by atoms with Gasteiger partial charge in [0.1, 0.15) is 11.6 Å². The van der Waals surface area contributed by atoms with E-state index in [0.717, 1.165) is 57.4 Å². The molecule has 0 radical (unpaired) electrons. The molecule has 3 aromatic carbocycles. The number of nitrogens with one attached hydrogen (secondary N) is 2. The second-order valence-electron chi connectivity index (χ2n) is 12.0. The summed E-state index contributed by atoms with van der Waals surface area (Å²) in [5, 5.41) is 7.49. The molecule has 0 spiro atoms. The van der Waals surface area contributed by atoms with Crippen molar-refractivity contribution in [1.82, 2.24) is 15.3 Å². The average Bonchev–Trinajstić information content (AvgIpc) is 3.73. The highest BCUT2D eigenvalue weighted by atomic mass is 32.1. The molecule has 0 bridgehead atoms. The molecule has 1 saturated heterocycles. The molecule has 8 heteroatoms. The Morgan fingerprint density at radius 1 is 0.698 bits per heavy atom.